The maximum absolute atomic E-state index is 12.8. The Morgan fingerprint density at radius 1 is 1.00 bits per heavy atom. The second kappa shape index (κ2) is 8.97. The van der Waals surface area contributed by atoms with Gasteiger partial charge in [-0.25, -0.2) is 4.68 Å². The summed E-state index contributed by atoms with van der Waals surface area (Å²) in [6.07, 6.45) is 2.10. The van der Waals surface area contributed by atoms with E-state index in [-0.39, 0.29) is 12.3 Å². The van der Waals surface area contributed by atoms with E-state index < -0.39 is 0 Å². The molecule has 1 heterocycles. The number of rotatable bonds is 6. The quantitative estimate of drug-likeness (QED) is 0.412. The van der Waals surface area contributed by atoms with Crippen LogP contribution in [0.25, 0.3) is 16.9 Å². The number of carbonyl (C=O) groups is 1. The van der Waals surface area contributed by atoms with E-state index in [2.05, 4.69) is 21.2 Å². The SMILES string of the molecule is COc1ccccc1NC(=O)Cc1cn(-c2ccccc2)nc1-c1ccc(Br)cc1. The van der Waals surface area contributed by atoms with Gasteiger partial charge in [0.25, 0.3) is 0 Å². The highest BCUT2D eigenvalue weighted by Gasteiger charge is 2.16. The van der Waals surface area contributed by atoms with E-state index in [1.165, 1.54) is 0 Å². The molecule has 5 nitrogen and oxygen atoms in total. The van der Waals surface area contributed by atoms with Gasteiger partial charge in [0.05, 0.1) is 30.6 Å². The molecule has 0 radical (unpaired) electrons. The van der Waals surface area contributed by atoms with Crippen LogP contribution >= 0.6 is 15.9 Å². The minimum atomic E-state index is -0.134. The first kappa shape index (κ1) is 19.9. The Kier molecular flexibility index (Phi) is 5.95. The van der Waals surface area contributed by atoms with Crippen LogP contribution in [0.3, 0.4) is 0 Å². The van der Waals surface area contributed by atoms with Crippen molar-refractivity contribution in [1.29, 1.82) is 0 Å². The van der Waals surface area contributed by atoms with Crippen LogP contribution in [0.15, 0.2) is 89.5 Å². The van der Waals surface area contributed by atoms with Gasteiger partial charge in [0.15, 0.2) is 0 Å². The third kappa shape index (κ3) is 4.44. The summed E-state index contributed by atoms with van der Waals surface area (Å²) in [5.41, 5.74) is 4.15. The van der Waals surface area contributed by atoms with Crippen molar-refractivity contribution in [3.63, 3.8) is 0 Å². The normalized spacial score (nSPS) is 10.6. The van der Waals surface area contributed by atoms with E-state index in [1.807, 2.05) is 89.7 Å². The van der Waals surface area contributed by atoms with Crippen LogP contribution in [0.1, 0.15) is 5.56 Å². The number of ether oxygens (including phenoxy) is 1. The molecular formula is C24H20BrN3O2. The topological polar surface area (TPSA) is 56.1 Å². The van der Waals surface area contributed by atoms with E-state index in [0.717, 1.165) is 27.0 Å². The molecule has 0 aliphatic rings. The zero-order chi connectivity index (χ0) is 20.9. The van der Waals surface area contributed by atoms with Crippen LogP contribution in [-0.4, -0.2) is 22.8 Å². The number of carbonyl (C=O) groups excluding carboxylic acids is 1. The van der Waals surface area contributed by atoms with Crippen molar-refractivity contribution in [2.45, 2.75) is 6.42 Å². The Balaban J connectivity index is 1.66. The molecule has 1 aromatic heterocycles. The molecule has 150 valence electrons. The number of benzene rings is 3. The van der Waals surface area contributed by atoms with Gasteiger partial charge in [-0.05, 0) is 36.4 Å². The van der Waals surface area contributed by atoms with E-state index in [4.69, 9.17) is 9.84 Å². The summed E-state index contributed by atoms with van der Waals surface area (Å²) < 4.78 is 8.13. The third-order valence-electron chi connectivity index (χ3n) is 4.66. The Bertz CT molecular complexity index is 1150. The average molecular weight is 462 g/mol. The summed E-state index contributed by atoms with van der Waals surface area (Å²) in [7, 11) is 1.58. The molecule has 0 saturated carbocycles. The van der Waals surface area contributed by atoms with Crippen LogP contribution in [-0.2, 0) is 11.2 Å². The first-order valence-electron chi connectivity index (χ1n) is 9.47. The number of aromatic nitrogens is 2. The molecule has 1 amide bonds. The van der Waals surface area contributed by atoms with Crippen LogP contribution < -0.4 is 10.1 Å². The van der Waals surface area contributed by atoms with Crippen molar-refractivity contribution >= 4 is 27.5 Å². The minimum absolute atomic E-state index is 0.134. The lowest BCUT2D eigenvalue weighted by molar-refractivity contribution is -0.115. The van der Waals surface area contributed by atoms with Gasteiger partial charge in [-0.3, -0.25) is 4.79 Å². The number of para-hydroxylation sites is 3. The molecule has 0 fully saturated rings. The number of nitrogens with one attached hydrogen (secondary N) is 1. The Labute approximate surface area is 183 Å². The molecule has 0 spiro atoms. The van der Waals surface area contributed by atoms with Gasteiger partial charge in [0, 0.05) is 21.8 Å². The van der Waals surface area contributed by atoms with Crippen molar-refractivity contribution in [3.05, 3.63) is 95.1 Å². The largest absolute Gasteiger partial charge is 0.495 e. The molecule has 4 rings (SSSR count). The highest BCUT2D eigenvalue weighted by atomic mass is 79.9. The lowest BCUT2D eigenvalue weighted by atomic mass is 10.1. The minimum Gasteiger partial charge on any atom is -0.495 e. The highest BCUT2D eigenvalue weighted by molar-refractivity contribution is 9.10. The fourth-order valence-electron chi connectivity index (χ4n) is 3.22. The van der Waals surface area contributed by atoms with E-state index in [1.54, 1.807) is 7.11 Å². The van der Waals surface area contributed by atoms with Crippen molar-refractivity contribution in [2.24, 2.45) is 0 Å². The summed E-state index contributed by atoms with van der Waals surface area (Å²) in [6, 6.07) is 25.1. The second-order valence-corrected chi connectivity index (χ2v) is 7.63. The zero-order valence-electron chi connectivity index (χ0n) is 16.4. The number of hydrogen-bond donors (Lipinski definition) is 1. The molecule has 0 aliphatic heterocycles. The summed E-state index contributed by atoms with van der Waals surface area (Å²) >= 11 is 3.47. The number of hydrogen-bond acceptors (Lipinski definition) is 3. The van der Waals surface area contributed by atoms with Crippen molar-refractivity contribution in [3.8, 4) is 22.7 Å². The monoisotopic (exact) mass is 461 g/mol. The summed E-state index contributed by atoms with van der Waals surface area (Å²) in [6.45, 7) is 0. The van der Waals surface area contributed by atoms with Crippen LogP contribution in [0.2, 0.25) is 0 Å². The average Bonchev–Trinajstić information content (AvgIpc) is 3.19. The molecule has 4 aromatic rings. The number of amides is 1. The van der Waals surface area contributed by atoms with Crippen molar-refractivity contribution in [1.82, 2.24) is 9.78 Å². The number of halogens is 1. The summed E-state index contributed by atoms with van der Waals surface area (Å²) in [5.74, 6) is 0.490. The number of methoxy groups -OCH3 is 1. The fourth-order valence-corrected chi connectivity index (χ4v) is 3.48. The first-order chi connectivity index (χ1) is 14.6. The van der Waals surface area contributed by atoms with E-state index >= 15 is 0 Å². The summed E-state index contributed by atoms with van der Waals surface area (Å²) in [4.78, 5) is 12.8. The standard InChI is InChI=1S/C24H20BrN3O2/c1-30-22-10-6-5-9-21(22)26-23(29)15-18-16-28(20-7-3-2-4-8-20)27-24(18)17-11-13-19(25)14-12-17/h2-14,16H,15H2,1H3,(H,26,29). The number of anilines is 1. The zero-order valence-corrected chi connectivity index (χ0v) is 18.0. The van der Waals surface area contributed by atoms with Gasteiger partial charge in [0.1, 0.15) is 5.75 Å². The number of nitrogens with zero attached hydrogens (tertiary/aromatic N) is 2. The molecule has 0 atom stereocenters. The molecule has 1 N–H and O–H groups in total. The van der Waals surface area contributed by atoms with Gasteiger partial charge >= 0.3 is 0 Å². The molecular weight excluding hydrogens is 442 g/mol. The molecule has 0 saturated heterocycles. The molecule has 0 bridgehead atoms. The van der Waals surface area contributed by atoms with Gasteiger partial charge in [-0.15, -0.1) is 0 Å². The predicted octanol–water partition coefficient (Wildman–Crippen LogP) is 5.49. The smallest absolute Gasteiger partial charge is 0.229 e. The molecule has 0 unspecified atom stereocenters. The highest BCUT2D eigenvalue weighted by Crippen LogP contribution is 2.27. The molecule has 0 aliphatic carbocycles. The maximum atomic E-state index is 12.8. The van der Waals surface area contributed by atoms with Gasteiger partial charge < -0.3 is 10.1 Å². The van der Waals surface area contributed by atoms with Gasteiger partial charge in [-0.1, -0.05) is 58.4 Å². The third-order valence-corrected chi connectivity index (χ3v) is 5.19. The fraction of sp³-hybridized carbons (Fsp3) is 0.0833. The van der Waals surface area contributed by atoms with Gasteiger partial charge in [0.2, 0.25) is 5.91 Å². The van der Waals surface area contributed by atoms with Crippen LogP contribution in [0.5, 0.6) is 5.75 Å². The lowest BCUT2D eigenvalue weighted by Gasteiger charge is -2.09. The Hall–Kier alpha value is -3.38. The van der Waals surface area contributed by atoms with E-state index in [9.17, 15) is 4.79 Å². The molecule has 3 aromatic carbocycles. The van der Waals surface area contributed by atoms with Crippen LogP contribution in [0, 0.1) is 0 Å². The first-order valence-corrected chi connectivity index (χ1v) is 10.3. The maximum Gasteiger partial charge on any atom is 0.229 e. The van der Waals surface area contributed by atoms with Gasteiger partial charge in [-0.2, -0.15) is 5.10 Å². The molecule has 30 heavy (non-hydrogen) atoms. The Morgan fingerprint density at radius 3 is 2.43 bits per heavy atom. The van der Waals surface area contributed by atoms with Crippen molar-refractivity contribution < 1.29 is 9.53 Å². The Morgan fingerprint density at radius 2 is 1.70 bits per heavy atom. The second-order valence-electron chi connectivity index (χ2n) is 6.72. The van der Waals surface area contributed by atoms with E-state index in [0.29, 0.717) is 11.4 Å². The lowest BCUT2D eigenvalue weighted by Crippen LogP contribution is -2.15. The molecule has 6 heteroatoms. The summed E-state index contributed by atoms with van der Waals surface area (Å²) in [5, 5.41) is 7.71. The predicted molar refractivity (Wildman–Crippen MR) is 122 cm³/mol. The van der Waals surface area contributed by atoms with Crippen LogP contribution in [0.4, 0.5) is 5.69 Å². The van der Waals surface area contributed by atoms with Crippen molar-refractivity contribution in [2.75, 3.05) is 12.4 Å².